The molecule has 1 aliphatic rings. The van der Waals surface area contributed by atoms with E-state index in [0.717, 1.165) is 23.6 Å². The van der Waals surface area contributed by atoms with Crippen LogP contribution in [0, 0.1) is 5.82 Å². The van der Waals surface area contributed by atoms with Gasteiger partial charge in [0.1, 0.15) is 5.82 Å². The summed E-state index contributed by atoms with van der Waals surface area (Å²) in [5.41, 5.74) is 1.13. The Balaban J connectivity index is 0.00000161. The standard InChI is InChI=1S/C13H13FN4OS.ClH/c14-10-3-1-2-9(6-10)12-7-15-4-5-18(12)13(19)11-8-20-17-16-11;/h1-3,6,8,12,15H,4-5,7H2;1H. The van der Waals surface area contributed by atoms with Crippen LogP contribution in [0.15, 0.2) is 29.6 Å². The number of nitrogens with one attached hydrogen (secondary N) is 1. The van der Waals surface area contributed by atoms with E-state index in [0.29, 0.717) is 18.8 Å². The molecule has 0 saturated carbocycles. The van der Waals surface area contributed by atoms with Crippen LogP contribution in [-0.4, -0.2) is 40.0 Å². The van der Waals surface area contributed by atoms with Gasteiger partial charge in [-0.2, -0.15) is 0 Å². The van der Waals surface area contributed by atoms with E-state index in [2.05, 4.69) is 14.9 Å². The first-order valence-electron chi connectivity index (χ1n) is 6.30. The summed E-state index contributed by atoms with van der Waals surface area (Å²) in [6.07, 6.45) is 0. The van der Waals surface area contributed by atoms with Crippen molar-refractivity contribution in [2.75, 3.05) is 19.6 Å². The normalized spacial score (nSPS) is 18.1. The molecule has 1 aromatic carbocycles. The Morgan fingerprint density at radius 2 is 2.33 bits per heavy atom. The lowest BCUT2D eigenvalue weighted by Crippen LogP contribution is -2.48. The highest BCUT2D eigenvalue weighted by atomic mass is 35.5. The fraction of sp³-hybridized carbons (Fsp3) is 0.308. The largest absolute Gasteiger partial charge is 0.328 e. The Bertz CT molecular complexity index is 610. The van der Waals surface area contributed by atoms with Gasteiger partial charge in [-0.15, -0.1) is 17.5 Å². The van der Waals surface area contributed by atoms with Crippen LogP contribution in [0.5, 0.6) is 0 Å². The topological polar surface area (TPSA) is 58.1 Å². The lowest BCUT2D eigenvalue weighted by atomic mass is 10.0. The second kappa shape index (κ2) is 6.93. The Morgan fingerprint density at radius 3 is 3.05 bits per heavy atom. The van der Waals surface area contributed by atoms with Crippen LogP contribution in [0.3, 0.4) is 0 Å². The minimum atomic E-state index is -0.296. The van der Waals surface area contributed by atoms with Crippen molar-refractivity contribution in [2.45, 2.75) is 6.04 Å². The van der Waals surface area contributed by atoms with E-state index in [1.807, 2.05) is 6.07 Å². The fourth-order valence-corrected chi connectivity index (χ4v) is 2.79. The third-order valence-electron chi connectivity index (χ3n) is 3.32. The number of aromatic nitrogens is 2. The molecule has 1 N–H and O–H groups in total. The molecule has 0 bridgehead atoms. The number of rotatable bonds is 2. The number of amides is 1. The monoisotopic (exact) mass is 328 g/mol. The van der Waals surface area contributed by atoms with Gasteiger partial charge in [0.25, 0.3) is 5.91 Å². The number of piperazine rings is 1. The first-order chi connectivity index (χ1) is 9.75. The molecule has 1 unspecified atom stereocenters. The van der Waals surface area contributed by atoms with Crippen molar-refractivity contribution in [1.29, 1.82) is 0 Å². The van der Waals surface area contributed by atoms with Gasteiger partial charge in [0.15, 0.2) is 5.69 Å². The highest BCUT2D eigenvalue weighted by Gasteiger charge is 2.29. The molecule has 0 spiro atoms. The highest BCUT2D eigenvalue weighted by molar-refractivity contribution is 7.03. The summed E-state index contributed by atoms with van der Waals surface area (Å²) in [6, 6.07) is 6.17. The van der Waals surface area contributed by atoms with Crippen LogP contribution in [0.2, 0.25) is 0 Å². The molecule has 5 nitrogen and oxygen atoms in total. The number of carbonyl (C=O) groups is 1. The number of hydrogen-bond donors (Lipinski definition) is 1. The van der Waals surface area contributed by atoms with Gasteiger partial charge in [0.2, 0.25) is 0 Å². The Hall–Kier alpha value is -1.57. The SMILES string of the molecule is Cl.O=C(c1csnn1)N1CCNCC1c1cccc(F)c1. The molecule has 1 fully saturated rings. The van der Waals surface area contributed by atoms with Gasteiger partial charge in [0.05, 0.1) is 6.04 Å². The number of halogens is 2. The van der Waals surface area contributed by atoms with Crippen molar-refractivity contribution in [3.8, 4) is 0 Å². The van der Waals surface area contributed by atoms with Gasteiger partial charge in [-0.1, -0.05) is 16.6 Å². The zero-order valence-corrected chi connectivity index (χ0v) is 12.7. The lowest BCUT2D eigenvalue weighted by molar-refractivity contribution is 0.0628. The smallest absolute Gasteiger partial charge is 0.275 e. The van der Waals surface area contributed by atoms with Crippen LogP contribution in [0.1, 0.15) is 22.1 Å². The molecule has 1 saturated heterocycles. The summed E-state index contributed by atoms with van der Waals surface area (Å²) in [7, 11) is 0. The second-order valence-electron chi connectivity index (χ2n) is 4.56. The maximum atomic E-state index is 13.4. The average molecular weight is 329 g/mol. The van der Waals surface area contributed by atoms with E-state index >= 15 is 0 Å². The summed E-state index contributed by atoms with van der Waals surface area (Å²) in [5, 5.41) is 8.68. The number of nitrogens with zero attached hydrogens (tertiary/aromatic N) is 3. The number of hydrogen-bond acceptors (Lipinski definition) is 5. The first kappa shape index (κ1) is 15.8. The first-order valence-corrected chi connectivity index (χ1v) is 7.13. The Labute approximate surface area is 131 Å². The molecule has 2 heterocycles. The lowest BCUT2D eigenvalue weighted by Gasteiger charge is -2.36. The van der Waals surface area contributed by atoms with Crippen LogP contribution >= 0.6 is 23.9 Å². The van der Waals surface area contributed by atoms with Gasteiger partial charge >= 0.3 is 0 Å². The van der Waals surface area contributed by atoms with Crippen molar-refractivity contribution in [2.24, 2.45) is 0 Å². The van der Waals surface area contributed by atoms with Crippen LogP contribution in [-0.2, 0) is 0 Å². The van der Waals surface area contributed by atoms with Crippen molar-refractivity contribution in [1.82, 2.24) is 19.8 Å². The molecule has 8 heteroatoms. The van der Waals surface area contributed by atoms with Gasteiger partial charge < -0.3 is 10.2 Å². The maximum Gasteiger partial charge on any atom is 0.275 e. The maximum absolute atomic E-state index is 13.4. The molecule has 21 heavy (non-hydrogen) atoms. The number of benzene rings is 1. The van der Waals surface area contributed by atoms with Crippen molar-refractivity contribution in [3.63, 3.8) is 0 Å². The van der Waals surface area contributed by atoms with E-state index in [-0.39, 0.29) is 30.2 Å². The molecular formula is C13H14ClFN4OS. The zero-order chi connectivity index (χ0) is 13.9. The highest BCUT2D eigenvalue weighted by Crippen LogP contribution is 2.24. The average Bonchev–Trinajstić information content (AvgIpc) is 3.01. The summed E-state index contributed by atoms with van der Waals surface area (Å²) in [4.78, 5) is 14.2. The van der Waals surface area contributed by atoms with Crippen LogP contribution in [0.4, 0.5) is 4.39 Å². The Morgan fingerprint density at radius 1 is 1.48 bits per heavy atom. The fourth-order valence-electron chi connectivity index (χ4n) is 2.36. The third-order valence-corrected chi connectivity index (χ3v) is 3.82. The van der Waals surface area contributed by atoms with Crippen molar-refractivity contribution < 1.29 is 9.18 Å². The molecule has 1 atom stereocenters. The molecule has 1 amide bonds. The van der Waals surface area contributed by atoms with E-state index in [4.69, 9.17) is 0 Å². The summed E-state index contributed by atoms with van der Waals surface area (Å²) in [5.74, 6) is -0.453. The molecule has 0 aliphatic carbocycles. The van der Waals surface area contributed by atoms with Gasteiger partial charge in [-0.25, -0.2) is 4.39 Å². The van der Waals surface area contributed by atoms with E-state index < -0.39 is 0 Å². The molecule has 112 valence electrons. The van der Waals surface area contributed by atoms with E-state index in [1.54, 1.807) is 16.3 Å². The van der Waals surface area contributed by atoms with Crippen molar-refractivity contribution in [3.05, 3.63) is 46.7 Å². The molecule has 3 rings (SSSR count). The Kier molecular flexibility index (Phi) is 5.22. The van der Waals surface area contributed by atoms with Gasteiger partial charge in [-0.3, -0.25) is 4.79 Å². The quantitative estimate of drug-likeness (QED) is 0.914. The zero-order valence-electron chi connectivity index (χ0n) is 11.0. The van der Waals surface area contributed by atoms with Gasteiger partial charge in [0, 0.05) is 25.0 Å². The number of carbonyl (C=O) groups excluding carboxylic acids is 1. The summed E-state index contributed by atoms with van der Waals surface area (Å²) < 4.78 is 17.1. The predicted octanol–water partition coefficient (Wildman–Crippen LogP) is 1.89. The molecular weight excluding hydrogens is 315 g/mol. The molecule has 1 aromatic heterocycles. The van der Waals surface area contributed by atoms with Crippen LogP contribution < -0.4 is 5.32 Å². The van der Waals surface area contributed by atoms with E-state index in [9.17, 15) is 9.18 Å². The van der Waals surface area contributed by atoms with Crippen molar-refractivity contribution >= 4 is 29.8 Å². The molecule has 0 radical (unpaired) electrons. The molecule has 1 aliphatic heterocycles. The minimum absolute atomic E-state index is 0. The van der Waals surface area contributed by atoms with Crippen LogP contribution in [0.25, 0.3) is 0 Å². The summed E-state index contributed by atoms with van der Waals surface area (Å²) >= 11 is 1.15. The van der Waals surface area contributed by atoms with Gasteiger partial charge in [-0.05, 0) is 29.2 Å². The molecule has 2 aromatic rings. The van der Waals surface area contributed by atoms with E-state index in [1.165, 1.54) is 12.1 Å². The second-order valence-corrected chi connectivity index (χ2v) is 5.17. The minimum Gasteiger partial charge on any atom is -0.328 e. The third kappa shape index (κ3) is 3.37. The predicted molar refractivity (Wildman–Crippen MR) is 80.2 cm³/mol. The summed E-state index contributed by atoms with van der Waals surface area (Å²) in [6.45, 7) is 1.89.